The highest BCUT2D eigenvalue weighted by Gasteiger charge is 2.50. The summed E-state index contributed by atoms with van der Waals surface area (Å²) < 4.78 is 0. The van der Waals surface area contributed by atoms with Crippen LogP contribution in [0.25, 0.3) is 6.08 Å². The van der Waals surface area contributed by atoms with E-state index in [1.165, 1.54) is 0 Å². The van der Waals surface area contributed by atoms with Crippen LogP contribution in [0.4, 0.5) is 0 Å². The van der Waals surface area contributed by atoms with Gasteiger partial charge in [-0.25, -0.2) is 0 Å². The molecule has 0 aliphatic carbocycles. The number of benzene rings is 1. The number of allylic oxidation sites excluding steroid dienone is 1. The summed E-state index contributed by atoms with van der Waals surface area (Å²) in [6.45, 7) is 3.99. The fourth-order valence-electron chi connectivity index (χ4n) is 3.99. The Balaban J connectivity index is 1.80. The summed E-state index contributed by atoms with van der Waals surface area (Å²) in [5.41, 5.74) is 2.68. The van der Waals surface area contributed by atoms with Crippen molar-refractivity contribution in [3.63, 3.8) is 0 Å². The second kappa shape index (κ2) is 9.47. The smallest absolute Gasteiger partial charge is 0.251 e. The lowest BCUT2D eigenvalue weighted by Gasteiger charge is -2.55. The Hall–Kier alpha value is -2.99. The molecule has 1 aliphatic heterocycles. The molecule has 2 aromatic rings. The molecule has 2 N–H and O–H groups in total. The van der Waals surface area contributed by atoms with E-state index in [4.69, 9.17) is 0 Å². The van der Waals surface area contributed by atoms with Crippen LogP contribution < -0.4 is 5.32 Å². The Morgan fingerprint density at radius 3 is 2.41 bits per heavy atom. The zero-order chi connectivity index (χ0) is 20.8. The van der Waals surface area contributed by atoms with Gasteiger partial charge in [0.15, 0.2) is 0 Å². The maximum absolute atomic E-state index is 12.5. The number of amides is 2. The van der Waals surface area contributed by atoms with Crippen LogP contribution in [0.1, 0.15) is 47.7 Å². The first kappa shape index (κ1) is 20.7. The molecule has 3 rings (SSSR count). The van der Waals surface area contributed by atoms with Crippen molar-refractivity contribution < 1.29 is 14.7 Å². The fraction of sp³-hybridized carbons (Fsp3) is 0.348. The molecule has 6 nitrogen and oxygen atoms in total. The summed E-state index contributed by atoms with van der Waals surface area (Å²) >= 11 is 0. The lowest BCUT2D eigenvalue weighted by atomic mass is 9.74. The van der Waals surface area contributed by atoms with E-state index >= 15 is 0 Å². The average molecular weight is 393 g/mol. The highest BCUT2D eigenvalue weighted by molar-refractivity contribution is 5.94. The topological polar surface area (TPSA) is 82.5 Å². The van der Waals surface area contributed by atoms with Crippen molar-refractivity contribution in [3.8, 4) is 0 Å². The predicted octanol–water partition coefficient (Wildman–Crippen LogP) is 2.61. The largest absolute Gasteiger partial charge is 0.394 e. The third-order valence-corrected chi connectivity index (χ3v) is 5.42. The minimum atomic E-state index is -0.280. The standard InChI is InChI=1S/C23H27N3O3/c1-3-5-16-6-8-17(9-7-16)22-19(26(20(22)15-27)21(28)4-2)14-25-23(29)18-10-12-24-13-11-18/h3,5-13,19-20,22,27H,4,14-15H2,1-2H3,(H,25,29)/b5-3+/t19-,20+,22-/m1/s1. The highest BCUT2D eigenvalue weighted by atomic mass is 16.3. The van der Waals surface area contributed by atoms with Gasteiger partial charge in [0.25, 0.3) is 5.91 Å². The first-order chi connectivity index (χ1) is 14.1. The van der Waals surface area contributed by atoms with Crippen LogP contribution in [0.5, 0.6) is 0 Å². The number of carbonyl (C=O) groups is 2. The molecule has 0 bridgehead atoms. The van der Waals surface area contributed by atoms with Gasteiger partial charge >= 0.3 is 0 Å². The molecule has 3 atom stereocenters. The van der Waals surface area contributed by atoms with Crippen molar-refractivity contribution in [2.45, 2.75) is 38.3 Å². The first-order valence-corrected chi connectivity index (χ1v) is 9.93. The lowest BCUT2D eigenvalue weighted by Crippen LogP contribution is -2.68. The van der Waals surface area contributed by atoms with Crippen LogP contribution in [0.2, 0.25) is 0 Å². The number of hydrogen-bond acceptors (Lipinski definition) is 4. The summed E-state index contributed by atoms with van der Waals surface area (Å²) in [5, 5.41) is 12.9. The second-order valence-corrected chi connectivity index (χ2v) is 7.11. The summed E-state index contributed by atoms with van der Waals surface area (Å²) in [5.74, 6) is -0.257. The Kier molecular flexibility index (Phi) is 6.77. The lowest BCUT2D eigenvalue weighted by molar-refractivity contribution is -0.149. The number of carbonyl (C=O) groups excluding carboxylic acids is 2. The number of likely N-dealkylation sites (tertiary alicyclic amines) is 1. The molecule has 152 valence electrons. The molecule has 0 radical (unpaired) electrons. The van der Waals surface area contributed by atoms with E-state index in [9.17, 15) is 14.7 Å². The van der Waals surface area contributed by atoms with Crippen molar-refractivity contribution in [2.24, 2.45) is 0 Å². The van der Waals surface area contributed by atoms with E-state index in [0.29, 0.717) is 18.5 Å². The van der Waals surface area contributed by atoms with Gasteiger partial charge in [0.05, 0.1) is 18.7 Å². The number of aliphatic hydroxyl groups excluding tert-OH is 1. The number of nitrogens with one attached hydrogen (secondary N) is 1. The van der Waals surface area contributed by atoms with E-state index in [-0.39, 0.29) is 36.4 Å². The minimum Gasteiger partial charge on any atom is -0.394 e. The molecule has 29 heavy (non-hydrogen) atoms. The fourth-order valence-corrected chi connectivity index (χ4v) is 3.99. The van der Waals surface area contributed by atoms with E-state index in [2.05, 4.69) is 10.3 Å². The van der Waals surface area contributed by atoms with Crippen LogP contribution in [0.15, 0.2) is 54.9 Å². The van der Waals surface area contributed by atoms with E-state index < -0.39 is 0 Å². The first-order valence-electron chi connectivity index (χ1n) is 9.93. The van der Waals surface area contributed by atoms with Gasteiger partial charge in [-0.3, -0.25) is 14.6 Å². The van der Waals surface area contributed by atoms with Crippen molar-refractivity contribution in [2.75, 3.05) is 13.2 Å². The van der Waals surface area contributed by atoms with Gasteiger partial charge < -0.3 is 15.3 Å². The van der Waals surface area contributed by atoms with Crippen molar-refractivity contribution in [3.05, 3.63) is 71.6 Å². The summed E-state index contributed by atoms with van der Waals surface area (Å²) in [6, 6.07) is 11.0. The predicted molar refractivity (Wildman–Crippen MR) is 112 cm³/mol. The maximum Gasteiger partial charge on any atom is 0.251 e. The summed E-state index contributed by atoms with van der Waals surface area (Å²) in [7, 11) is 0. The zero-order valence-corrected chi connectivity index (χ0v) is 16.8. The number of rotatable bonds is 7. The molecule has 1 aliphatic rings. The molecule has 1 saturated heterocycles. The molecule has 0 unspecified atom stereocenters. The number of aliphatic hydroxyl groups is 1. The number of nitrogens with zero attached hydrogens (tertiary/aromatic N) is 2. The SMILES string of the molecule is C/C=C/c1ccc([C@@H]2[C@@H](CNC(=O)c3ccncc3)N(C(=O)CC)[C@H]2CO)cc1. The molecule has 1 fully saturated rings. The van der Waals surface area contributed by atoms with Crippen LogP contribution in [0.3, 0.4) is 0 Å². The molecule has 6 heteroatoms. The van der Waals surface area contributed by atoms with Gasteiger partial charge in [-0.05, 0) is 30.2 Å². The summed E-state index contributed by atoms with van der Waals surface area (Å²) in [4.78, 5) is 30.6. The Bertz CT molecular complexity index is 865. The Morgan fingerprint density at radius 1 is 1.14 bits per heavy atom. The molecule has 2 heterocycles. The molecule has 2 amide bonds. The molecular weight excluding hydrogens is 366 g/mol. The number of pyridine rings is 1. The van der Waals surface area contributed by atoms with Crippen LogP contribution in [-0.4, -0.2) is 52.0 Å². The molecular formula is C23H27N3O3. The Morgan fingerprint density at radius 2 is 1.83 bits per heavy atom. The van der Waals surface area contributed by atoms with Crippen molar-refractivity contribution >= 4 is 17.9 Å². The summed E-state index contributed by atoms with van der Waals surface area (Å²) in [6.07, 6.45) is 7.50. The Labute approximate surface area is 171 Å². The number of aromatic nitrogens is 1. The molecule has 1 aromatic heterocycles. The second-order valence-electron chi connectivity index (χ2n) is 7.11. The average Bonchev–Trinajstić information content (AvgIpc) is 2.75. The monoisotopic (exact) mass is 393 g/mol. The van der Waals surface area contributed by atoms with Gasteiger partial charge in [-0.15, -0.1) is 0 Å². The maximum atomic E-state index is 12.5. The van der Waals surface area contributed by atoms with Crippen LogP contribution >= 0.6 is 0 Å². The van der Waals surface area contributed by atoms with E-state index in [1.54, 1.807) is 29.4 Å². The molecule has 0 saturated carbocycles. The molecule has 0 spiro atoms. The van der Waals surface area contributed by atoms with E-state index in [0.717, 1.165) is 11.1 Å². The quantitative estimate of drug-likeness (QED) is 0.758. The van der Waals surface area contributed by atoms with Gasteiger partial charge in [-0.1, -0.05) is 43.3 Å². The number of hydrogen-bond donors (Lipinski definition) is 2. The minimum absolute atomic E-state index is 0.0194. The van der Waals surface area contributed by atoms with Gasteiger partial charge in [0.2, 0.25) is 5.91 Å². The van der Waals surface area contributed by atoms with Gasteiger partial charge in [0, 0.05) is 36.8 Å². The highest BCUT2D eigenvalue weighted by Crippen LogP contribution is 2.41. The van der Waals surface area contributed by atoms with Crippen LogP contribution in [0, 0.1) is 0 Å². The third-order valence-electron chi connectivity index (χ3n) is 5.42. The van der Waals surface area contributed by atoms with Gasteiger partial charge in [-0.2, -0.15) is 0 Å². The zero-order valence-electron chi connectivity index (χ0n) is 16.8. The molecule has 1 aromatic carbocycles. The van der Waals surface area contributed by atoms with Crippen LogP contribution in [-0.2, 0) is 4.79 Å². The normalized spacial score (nSPS) is 21.1. The third kappa shape index (κ3) is 4.38. The van der Waals surface area contributed by atoms with Crippen molar-refractivity contribution in [1.82, 2.24) is 15.2 Å². The van der Waals surface area contributed by atoms with Crippen molar-refractivity contribution in [1.29, 1.82) is 0 Å². The van der Waals surface area contributed by atoms with E-state index in [1.807, 2.05) is 50.3 Å². The van der Waals surface area contributed by atoms with Gasteiger partial charge in [0.1, 0.15) is 0 Å².